The summed E-state index contributed by atoms with van der Waals surface area (Å²) in [6.07, 6.45) is 10.8. The third-order valence-corrected chi connectivity index (χ3v) is 7.52. The average molecular weight is 500 g/mol. The van der Waals surface area contributed by atoms with Crippen LogP contribution in [0.5, 0.6) is 0 Å². The van der Waals surface area contributed by atoms with Crippen LogP contribution in [-0.4, -0.2) is 71.4 Å². The minimum absolute atomic E-state index is 0.103. The van der Waals surface area contributed by atoms with Crippen LogP contribution in [0.3, 0.4) is 0 Å². The summed E-state index contributed by atoms with van der Waals surface area (Å²) in [5, 5.41) is 6.50. The van der Waals surface area contributed by atoms with Crippen LogP contribution in [0.1, 0.15) is 90.3 Å². The van der Waals surface area contributed by atoms with Gasteiger partial charge in [0.1, 0.15) is 5.82 Å². The van der Waals surface area contributed by atoms with Gasteiger partial charge in [-0.25, -0.2) is 9.78 Å². The highest BCUT2D eigenvalue weighted by molar-refractivity contribution is 5.91. The molecule has 2 amide bonds. The fraction of sp³-hybridized carbons (Fsp3) is 0.759. The number of carbonyl (C=O) groups excluding carboxylic acids is 2. The largest absolute Gasteiger partial charge is 0.370 e. The summed E-state index contributed by atoms with van der Waals surface area (Å²) in [5.74, 6) is 1.49. The summed E-state index contributed by atoms with van der Waals surface area (Å²) in [7, 11) is 0. The smallest absolute Gasteiger partial charge is 0.317 e. The Balaban J connectivity index is 0.00000176. The van der Waals surface area contributed by atoms with Crippen molar-refractivity contribution >= 4 is 17.6 Å². The number of unbranched alkanes of at least 4 members (excludes halogenated alkanes) is 1. The van der Waals surface area contributed by atoms with E-state index < -0.39 is 0 Å². The number of aryl methyl sites for hydroxylation is 2. The van der Waals surface area contributed by atoms with E-state index in [2.05, 4.69) is 27.7 Å². The zero-order chi connectivity index (χ0) is 25.9. The number of hydrogen-bond acceptors (Lipinski definition) is 5. The molecular formula is C29H49N5O2. The number of hydrogen-bond donors (Lipinski definition) is 2. The molecule has 1 unspecified atom stereocenters. The first kappa shape index (κ1) is 28.4. The van der Waals surface area contributed by atoms with Crippen LogP contribution in [0.2, 0.25) is 0 Å². The van der Waals surface area contributed by atoms with Gasteiger partial charge in [-0.3, -0.25) is 4.79 Å². The quantitative estimate of drug-likeness (QED) is 0.351. The predicted octanol–water partition coefficient (Wildman–Crippen LogP) is 5.04. The number of nitrogens with one attached hydrogen (secondary N) is 2. The van der Waals surface area contributed by atoms with E-state index >= 15 is 0 Å². The first-order valence-electron chi connectivity index (χ1n) is 14.6. The topological polar surface area (TPSA) is 77.6 Å². The summed E-state index contributed by atoms with van der Waals surface area (Å²) in [4.78, 5) is 34.7. The number of amides is 2. The van der Waals surface area contributed by atoms with Crippen LogP contribution in [0.25, 0.3) is 0 Å². The Kier molecular flexibility index (Phi) is 11.5. The molecule has 1 aromatic heterocycles. The van der Waals surface area contributed by atoms with Gasteiger partial charge in [0.2, 0.25) is 0 Å². The van der Waals surface area contributed by atoms with E-state index in [4.69, 9.17) is 4.98 Å². The van der Waals surface area contributed by atoms with Gasteiger partial charge in [-0.15, -0.1) is 0 Å². The van der Waals surface area contributed by atoms with Crippen molar-refractivity contribution in [2.45, 2.75) is 104 Å². The first-order valence-corrected chi connectivity index (χ1v) is 14.6. The van der Waals surface area contributed by atoms with Crippen molar-refractivity contribution in [2.75, 3.05) is 38.0 Å². The van der Waals surface area contributed by atoms with E-state index in [9.17, 15) is 9.59 Å². The maximum Gasteiger partial charge on any atom is 0.317 e. The minimum atomic E-state index is -0.353. The molecule has 0 bridgehead atoms. The van der Waals surface area contributed by atoms with Crippen molar-refractivity contribution in [2.24, 2.45) is 5.92 Å². The molecule has 0 aromatic carbocycles. The monoisotopic (exact) mass is 499 g/mol. The molecule has 7 nitrogen and oxygen atoms in total. The standard InChI is InChI=1S/C27H43N5O2.C2H6/c1-3-31(4-2)27(34)30-24(25(33)20-10-11-20)16-19-32(23-14-15-23)18-6-5-9-22-13-12-21-8-7-17-28-26(21)29-22;1-2/h12-13,20,23-24H,3-11,14-19H2,1-2H3,(H,28,29)(H,30,34);1-2H3. The number of fused-ring (bicyclic) bond motifs is 1. The molecule has 2 fully saturated rings. The molecule has 0 spiro atoms. The normalized spacial score (nSPS) is 17.4. The molecule has 2 aliphatic carbocycles. The maximum atomic E-state index is 12.9. The number of Topliss-reactive ketones (excluding diaryl/α,β-unsaturated/α-hetero) is 1. The van der Waals surface area contributed by atoms with Crippen LogP contribution in [0.4, 0.5) is 10.6 Å². The zero-order valence-electron chi connectivity index (χ0n) is 23.2. The summed E-state index contributed by atoms with van der Waals surface area (Å²) < 4.78 is 0. The van der Waals surface area contributed by atoms with E-state index in [0.29, 0.717) is 19.1 Å². The van der Waals surface area contributed by atoms with Crippen molar-refractivity contribution in [3.8, 4) is 0 Å². The van der Waals surface area contributed by atoms with Crippen molar-refractivity contribution in [1.29, 1.82) is 0 Å². The van der Waals surface area contributed by atoms with Gasteiger partial charge in [0, 0.05) is 43.8 Å². The van der Waals surface area contributed by atoms with Gasteiger partial charge in [0.05, 0.1) is 6.04 Å². The summed E-state index contributed by atoms with van der Waals surface area (Å²) >= 11 is 0. The number of aromatic nitrogens is 1. The van der Waals surface area contributed by atoms with Crippen LogP contribution in [-0.2, 0) is 17.6 Å². The molecule has 36 heavy (non-hydrogen) atoms. The Morgan fingerprint density at radius 3 is 2.50 bits per heavy atom. The van der Waals surface area contributed by atoms with Crippen LogP contribution < -0.4 is 10.6 Å². The SMILES string of the molecule is CC.CCN(CC)C(=O)NC(CCN(CCCCc1ccc2c(n1)NCCC2)C1CC1)C(=O)C1CC1. The molecule has 2 N–H and O–H groups in total. The molecular weight excluding hydrogens is 450 g/mol. The van der Waals surface area contributed by atoms with Gasteiger partial charge in [-0.2, -0.15) is 0 Å². The average Bonchev–Trinajstić information content (AvgIpc) is 3.82. The fourth-order valence-corrected chi connectivity index (χ4v) is 5.03. The second-order valence-corrected chi connectivity index (χ2v) is 10.2. The first-order chi connectivity index (χ1) is 17.6. The number of rotatable bonds is 14. The van der Waals surface area contributed by atoms with Gasteiger partial charge in [0.25, 0.3) is 0 Å². The van der Waals surface area contributed by atoms with E-state index in [1.54, 1.807) is 4.90 Å². The van der Waals surface area contributed by atoms with Crippen LogP contribution in [0.15, 0.2) is 12.1 Å². The number of nitrogens with zero attached hydrogens (tertiary/aromatic N) is 3. The van der Waals surface area contributed by atoms with Crippen LogP contribution >= 0.6 is 0 Å². The Morgan fingerprint density at radius 1 is 1.08 bits per heavy atom. The molecule has 2 saturated carbocycles. The lowest BCUT2D eigenvalue weighted by Gasteiger charge is -2.27. The molecule has 7 heteroatoms. The molecule has 2 heterocycles. The second kappa shape index (κ2) is 14.6. The molecule has 1 aliphatic heterocycles. The minimum Gasteiger partial charge on any atom is -0.370 e. The van der Waals surface area contributed by atoms with Crippen molar-refractivity contribution < 1.29 is 9.59 Å². The molecule has 202 valence electrons. The molecule has 1 atom stereocenters. The Morgan fingerprint density at radius 2 is 1.83 bits per heavy atom. The number of pyridine rings is 1. The second-order valence-electron chi connectivity index (χ2n) is 10.2. The highest BCUT2D eigenvalue weighted by atomic mass is 16.2. The van der Waals surface area contributed by atoms with Crippen molar-refractivity contribution in [1.82, 2.24) is 20.1 Å². The number of urea groups is 1. The molecule has 0 radical (unpaired) electrons. The lowest BCUT2D eigenvalue weighted by molar-refractivity contribution is -0.122. The van der Waals surface area contributed by atoms with Crippen LogP contribution in [0, 0.1) is 5.92 Å². The third kappa shape index (κ3) is 8.46. The van der Waals surface area contributed by atoms with Gasteiger partial charge < -0.3 is 20.4 Å². The zero-order valence-corrected chi connectivity index (χ0v) is 23.2. The third-order valence-electron chi connectivity index (χ3n) is 7.52. The van der Waals surface area contributed by atoms with Crippen molar-refractivity contribution in [3.63, 3.8) is 0 Å². The Labute approximate surface area is 218 Å². The van der Waals surface area contributed by atoms with Crippen molar-refractivity contribution in [3.05, 3.63) is 23.4 Å². The van der Waals surface area contributed by atoms with E-state index in [0.717, 1.165) is 70.4 Å². The van der Waals surface area contributed by atoms with E-state index in [1.165, 1.54) is 30.5 Å². The number of ketones is 1. The van der Waals surface area contributed by atoms with Gasteiger partial charge in [0.15, 0.2) is 5.78 Å². The molecule has 4 rings (SSSR count). The van der Waals surface area contributed by atoms with Gasteiger partial charge >= 0.3 is 6.03 Å². The molecule has 3 aliphatic rings. The van der Waals surface area contributed by atoms with E-state index in [-0.39, 0.29) is 23.8 Å². The Hall–Kier alpha value is -2.15. The fourth-order valence-electron chi connectivity index (χ4n) is 5.03. The highest BCUT2D eigenvalue weighted by Crippen LogP contribution is 2.32. The van der Waals surface area contributed by atoms with E-state index in [1.807, 2.05) is 27.7 Å². The summed E-state index contributed by atoms with van der Waals surface area (Å²) in [5.41, 5.74) is 2.53. The lowest BCUT2D eigenvalue weighted by atomic mass is 10.0. The maximum absolute atomic E-state index is 12.9. The molecule has 0 saturated heterocycles. The molecule has 1 aromatic rings. The summed E-state index contributed by atoms with van der Waals surface area (Å²) in [6, 6.07) is 4.63. The highest BCUT2D eigenvalue weighted by Gasteiger charge is 2.37. The number of anilines is 1. The van der Waals surface area contributed by atoms with Gasteiger partial charge in [-0.1, -0.05) is 19.9 Å². The number of carbonyl (C=O) groups is 2. The predicted molar refractivity (Wildman–Crippen MR) is 148 cm³/mol. The Bertz CT molecular complexity index is 833. The summed E-state index contributed by atoms with van der Waals surface area (Å²) in [6.45, 7) is 12.2. The van der Waals surface area contributed by atoms with Gasteiger partial charge in [-0.05, 0) is 96.2 Å². The lowest BCUT2D eigenvalue weighted by Crippen LogP contribution is -2.49.